The molecule has 0 aliphatic rings. The molecule has 2 heteroatoms. The summed E-state index contributed by atoms with van der Waals surface area (Å²) in [5.74, 6) is 0. The third-order valence-corrected chi connectivity index (χ3v) is 1.78. The van der Waals surface area contributed by atoms with E-state index < -0.39 is 0 Å². The Hall–Kier alpha value is -1.41. The summed E-state index contributed by atoms with van der Waals surface area (Å²) >= 11 is 0. The lowest BCUT2D eigenvalue weighted by molar-refractivity contribution is 0.338. The minimum absolute atomic E-state index is 0.0766. The summed E-state index contributed by atoms with van der Waals surface area (Å²) in [6.07, 6.45) is 8.51. The number of nitrogens with zero attached hydrogens (tertiary/aromatic N) is 1. The van der Waals surface area contributed by atoms with Crippen LogP contribution in [0.5, 0.6) is 0 Å². The zero-order valence-corrected chi connectivity index (χ0v) is 9.53. The average Bonchev–Trinajstić information content (AvgIpc) is 2.26. The number of hydrogen-bond donors (Lipinski definition) is 1. The van der Waals surface area contributed by atoms with E-state index >= 15 is 0 Å². The monoisotopic (exact) mass is 205 g/mol. The molecule has 0 spiro atoms. The highest BCUT2D eigenvalue weighted by atomic mass is 16.3. The summed E-state index contributed by atoms with van der Waals surface area (Å²) in [6, 6.07) is 0. The SMILES string of the molecule is C=C(C=NC(=C)C(/C=C\CC)=C/C)CO. The van der Waals surface area contributed by atoms with Crippen LogP contribution in [0.3, 0.4) is 0 Å². The Kier molecular flexibility index (Phi) is 7.20. The van der Waals surface area contributed by atoms with E-state index in [9.17, 15) is 0 Å². The predicted molar refractivity (Wildman–Crippen MR) is 67.0 cm³/mol. The van der Waals surface area contributed by atoms with Gasteiger partial charge in [-0.2, -0.15) is 0 Å². The van der Waals surface area contributed by atoms with Crippen molar-refractivity contribution in [3.63, 3.8) is 0 Å². The first-order chi connectivity index (χ1) is 7.15. The van der Waals surface area contributed by atoms with Gasteiger partial charge in [-0.15, -0.1) is 0 Å². The summed E-state index contributed by atoms with van der Waals surface area (Å²) in [7, 11) is 0. The number of aliphatic hydroxyl groups excluding tert-OH is 1. The maximum Gasteiger partial charge on any atom is 0.0691 e. The molecule has 0 saturated carbocycles. The molecule has 0 unspecified atom stereocenters. The van der Waals surface area contributed by atoms with Gasteiger partial charge in [0.05, 0.1) is 12.3 Å². The number of hydrogen-bond acceptors (Lipinski definition) is 2. The van der Waals surface area contributed by atoms with E-state index in [0.29, 0.717) is 11.3 Å². The molecule has 0 aromatic heterocycles. The first-order valence-electron chi connectivity index (χ1n) is 5.00. The molecular formula is C13H19NO. The Balaban J connectivity index is 4.49. The van der Waals surface area contributed by atoms with Gasteiger partial charge in [-0.25, -0.2) is 0 Å². The van der Waals surface area contributed by atoms with Crippen LogP contribution in [-0.4, -0.2) is 17.9 Å². The Labute approximate surface area is 92.0 Å². The molecule has 0 bridgehead atoms. The maximum absolute atomic E-state index is 8.74. The van der Waals surface area contributed by atoms with Gasteiger partial charge in [0, 0.05) is 6.21 Å². The summed E-state index contributed by atoms with van der Waals surface area (Å²) in [6.45, 7) is 11.4. The Morgan fingerprint density at radius 3 is 2.53 bits per heavy atom. The molecule has 82 valence electrons. The van der Waals surface area contributed by atoms with Crippen molar-refractivity contribution < 1.29 is 5.11 Å². The molecular weight excluding hydrogens is 186 g/mol. The molecule has 0 heterocycles. The van der Waals surface area contributed by atoms with Crippen LogP contribution in [0.1, 0.15) is 20.3 Å². The normalized spacial score (nSPS) is 12.6. The molecule has 0 radical (unpaired) electrons. The van der Waals surface area contributed by atoms with Gasteiger partial charge in [0.25, 0.3) is 0 Å². The minimum atomic E-state index is -0.0766. The van der Waals surface area contributed by atoms with Crippen LogP contribution in [0, 0.1) is 0 Å². The van der Waals surface area contributed by atoms with E-state index in [2.05, 4.69) is 31.2 Å². The van der Waals surface area contributed by atoms with Gasteiger partial charge in [-0.1, -0.05) is 38.3 Å². The topological polar surface area (TPSA) is 32.6 Å². The van der Waals surface area contributed by atoms with Crippen LogP contribution in [-0.2, 0) is 0 Å². The molecule has 0 fully saturated rings. The average molecular weight is 205 g/mol. The number of rotatable bonds is 6. The zero-order chi connectivity index (χ0) is 11.7. The van der Waals surface area contributed by atoms with Gasteiger partial charge in [-0.3, -0.25) is 4.99 Å². The quantitative estimate of drug-likeness (QED) is 0.524. The molecule has 0 saturated heterocycles. The van der Waals surface area contributed by atoms with Gasteiger partial charge in [-0.05, 0) is 24.5 Å². The zero-order valence-electron chi connectivity index (χ0n) is 9.53. The first-order valence-corrected chi connectivity index (χ1v) is 5.00. The second-order valence-corrected chi connectivity index (χ2v) is 3.08. The van der Waals surface area contributed by atoms with E-state index in [-0.39, 0.29) is 6.61 Å². The molecule has 0 aromatic carbocycles. The van der Waals surface area contributed by atoms with Crippen molar-refractivity contribution >= 4 is 6.21 Å². The van der Waals surface area contributed by atoms with E-state index in [0.717, 1.165) is 12.0 Å². The molecule has 0 aromatic rings. The predicted octanol–water partition coefficient (Wildman–Crippen LogP) is 3.03. The molecule has 0 rings (SSSR count). The highest BCUT2D eigenvalue weighted by Gasteiger charge is 1.94. The second-order valence-electron chi connectivity index (χ2n) is 3.08. The summed E-state index contributed by atoms with van der Waals surface area (Å²) in [5, 5.41) is 8.74. The molecule has 0 aliphatic heterocycles. The third kappa shape index (κ3) is 5.81. The summed E-state index contributed by atoms with van der Waals surface area (Å²) in [5.41, 5.74) is 2.24. The van der Waals surface area contributed by atoms with Crippen LogP contribution >= 0.6 is 0 Å². The largest absolute Gasteiger partial charge is 0.392 e. The molecule has 0 atom stereocenters. The Morgan fingerprint density at radius 2 is 2.07 bits per heavy atom. The third-order valence-electron chi connectivity index (χ3n) is 1.78. The van der Waals surface area contributed by atoms with Crippen LogP contribution in [0.25, 0.3) is 0 Å². The smallest absolute Gasteiger partial charge is 0.0691 e. The highest BCUT2D eigenvalue weighted by molar-refractivity contribution is 5.79. The van der Waals surface area contributed by atoms with E-state index in [1.54, 1.807) is 0 Å². The van der Waals surface area contributed by atoms with E-state index in [1.807, 2.05) is 19.1 Å². The van der Waals surface area contributed by atoms with Crippen LogP contribution in [0.4, 0.5) is 0 Å². The summed E-state index contributed by atoms with van der Waals surface area (Å²) < 4.78 is 0. The van der Waals surface area contributed by atoms with Crippen molar-refractivity contribution in [2.45, 2.75) is 20.3 Å². The van der Waals surface area contributed by atoms with Crippen molar-refractivity contribution in [2.24, 2.45) is 4.99 Å². The second kappa shape index (κ2) is 7.94. The van der Waals surface area contributed by atoms with Crippen molar-refractivity contribution in [1.82, 2.24) is 0 Å². The number of allylic oxidation sites excluding steroid dienone is 3. The van der Waals surface area contributed by atoms with Gasteiger partial charge in [0.15, 0.2) is 0 Å². The van der Waals surface area contributed by atoms with Crippen molar-refractivity contribution in [3.8, 4) is 0 Å². The van der Waals surface area contributed by atoms with Crippen LogP contribution in [0.2, 0.25) is 0 Å². The highest BCUT2D eigenvalue weighted by Crippen LogP contribution is 2.11. The lowest BCUT2D eigenvalue weighted by Gasteiger charge is -2.00. The lowest BCUT2D eigenvalue weighted by Crippen LogP contribution is -1.90. The minimum Gasteiger partial charge on any atom is -0.392 e. The number of aliphatic imine (C=N–C) groups is 1. The molecule has 1 N–H and O–H groups in total. The van der Waals surface area contributed by atoms with Gasteiger partial charge in [0.1, 0.15) is 0 Å². The Bertz CT molecular complexity index is 308. The van der Waals surface area contributed by atoms with E-state index in [4.69, 9.17) is 5.11 Å². The van der Waals surface area contributed by atoms with Gasteiger partial charge in [0.2, 0.25) is 0 Å². The molecule has 0 aliphatic carbocycles. The van der Waals surface area contributed by atoms with Crippen molar-refractivity contribution in [3.05, 3.63) is 48.2 Å². The molecule has 2 nitrogen and oxygen atoms in total. The standard InChI is InChI=1S/C13H19NO/c1-5-7-8-13(6-2)12(4)14-9-11(3)10-15/h6-9,15H,3-5,10H2,1-2H3/b8-7-,13-6+,14-9?. The van der Waals surface area contributed by atoms with E-state index in [1.165, 1.54) is 6.21 Å². The fraction of sp³-hybridized carbons (Fsp3) is 0.308. The van der Waals surface area contributed by atoms with Crippen LogP contribution in [0.15, 0.2) is 53.2 Å². The lowest BCUT2D eigenvalue weighted by atomic mass is 10.1. The van der Waals surface area contributed by atoms with Gasteiger partial charge >= 0.3 is 0 Å². The maximum atomic E-state index is 8.74. The van der Waals surface area contributed by atoms with Crippen LogP contribution < -0.4 is 0 Å². The van der Waals surface area contributed by atoms with Crippen molar-refractivity contribution in [2.75, 3.05) is 6.61 Å². The fourth-order valence-electron chi connectivity index (χ4n) is 0.888. The van der Waals surface area contributed by atoms with Crippen molar-refractivity contribution in [1.29, 1.82) is 0 Å². The fourth-order valence-corrected chi connectivity index (χ4v) is 0.888. The van der Waals surface area contributed by atoms with Gasteiger partial charge < -0.3 is 5.11 Å². The first kappa shape index (κ1) is 13.6. The molecule has 15 heavy (non-hydrogen) atoms. The summed E-state index contributed by atoms with van der Waals surface area (Å²) in [4.78, 5) is 4.12. The Morgan fingerprint density at radius 1 is 1.40 bits per heavy atom. The molecule has 0 amide bonds. The number of aliphatic hydroxyl groups is 1.